The molecule has 0 aliphatic carbocycles. The summed E-state index contributed by atoms with van der Waals surface area (Å²) in [6, 6.07) is 13.0. The highest BCUT2D eigenvalue weighted by Gasteiger charge is 2.48. The molecule has 3 heterocycles. The minimum Gasteiger partial charge on any atom is -0.497 e. The number of nitrogens with zero attached hydrogens (tertiary/aromatic N) is 4. The highest BCUT2D eigenvalue weighted by molar-refractivity contribution is 6.18. The Balaban J connectivity index is 1.70. The van der Waals surface area contributed by atoms with Gasteiger partial charge in [-0.05, 0) is 62.7 Å². The molecule has 1 N–H and O–H groups in total. The molecule has 1 saturated heterocycles. The zero-order chi connectivity index (χ0) is 22.6. The van der Waals surface area contributed by atoms with Crippen molar-refractivity contribution < 1.29 is 13.9 Å². The monoisotopic (exact) mass is 433 g/mol. The number of carbonyl (C=O) groups is 1. The molecule has 2 amide bonds. The third-order valence-corrected chi connectivity index (χ3v) is 5.88. The van der Waals surface area contributed by atoms with Crippen molar-refractivity contribution in [1.29, 1.82) is 0 Å². The van der Waals surface area contributed by atoms with Gasteiger partial charge in [0.2, 0.25) is 0 Å². The third-order valence-electron chi connectivity index (χ3n) is 5.88. The number of urea groups is 1. The third kappa shape index (κ3) is 3.14. The molecule has 2 aromatic carbocycles. The van der Waals surface area contributed by atoms with Crippen molar-refractivity contribution in [2.45, 2.75) is 38.3 Å². The molecular weight excluding hydrogens is 409 g/mol. The maximum Gasteiger partial charge on any atom is 0.328 e. The van der Waals surface area contributed by atoms with Gasteiger partial charge in [-0.1, -0.05) is 12.1 Å². The van der Waals surface area contributed by atoms with Crippen LogP contribution in [0.15, 0.2) is 59.7 Å². The first-order valence-corrected chi connectivity index (χ1v) is 10.4. The van der Waals surface area contributed by atoms with Gasteiger partial charge in [0.1, 0.15) is 23.4 Å². The molecule has 1 fully saturated rings. The number of anilines is 1. The van der Waals surface area contributed by atoms with Crippen molar-refractivity contribution in [1.82, 2.24) is 15.1 Å². The molecule has 8 heteroatoms. The summed E-state index contributed by atoms with van der Waals surface area (Å²) in [5.74, 6) is 1.46. The van der Waals surface area contributed by atoms with E-state index < -0.39 is 6.04 Å². The minimum absolute atomic E-state index is 0.219. The number of carbonyl (C=O) groups excluding carboxylic acids is 1. The minimum atomic E-state index is -0.411. The van der Waals surface area contributed by atoms with Crippen LogP contribution in [0.2, 0.25) is 0 Å². The summed E-state index contributed by atoms with van der Waals surface area (Å²) in [7, 11) is 1.63. The Bertz CT molecular complexity index is 1210. The maximum absolute atomic E-state index is 13.6. The second-order valence-corrected chi connectivity index (χ2v) is 8.98. The number of methoxy groups -OCH3 is 1. The summed E-state index contributed by atoms with van der Waals surface area (Å²) >= 11 is 0. The molecule has 1 aromatic heterocycles. The fraction of sp³-hybridized carbons (Fsp3) is 0.292. The lowest BCUT2D eigenvalue weighted by atomic mass is 9.83. The van der Waals surface area contributed by atoms with E-state index in [1.165, 1.54) is 12.1 Å². The summed E-state index contributed by atoms with van der Waals surface area (Å²) in [4.78, 5) is 19.5. The number of aliphatic imine (C=N–C) groups is 1. The van der Waals surface area contributed by atoms with E-state index >= 15 is 0 Å². The molecule has 32 heavy (non-hydrogen) atoms. The lowest BCUT2D eigenvalue weighted by Gasteiger charge is -2.33. The molecular formula is C24H24FN5O2. The van der Waals surface area contributed by atoms with Gasteiger partial charge in [-0.2, -0.15) is 5.10 Å². The smallest absolute Gasteiger partial charge is 0.328 e. The van der Waals surface area contributed by atoms with Gasteiger partial charge in [-0.25, -0.2) is 18.9 Å². The van der Waals surface area contributed by atoms with E-state index in [4.69, 9.17) is 9.73 Å². The molecule has 0 unspecified atom stereocenters. The quantitative estimate of drug-likeness (QED) is 0.658. The second-order valence-electron chi connectivity index (χ2n) is 8.98. The van der Waals surface area contributed by atoms with Crippen LogP contribution < -0.4 is 15.0 Å². The number of amides is 2. The van der Waals surface area contributed by atoms with Crippen LogP contribution >= 0.6 is 0 Å². The fourth-order valence-corrected chi connectivity index (χ4v) is 4.41. The molecule has 7 nitrogen and oxygen atoms in total. The number of aromatic nitrogens is 2. The lowest BCUT2D eigenvalue weighted by molar-refractivity contribution is 0.252. The van der Waals surface area contributed by atoms with Gasteiger partial charge >= 0.3 is 6.03 Å². The molecule has 2 aliphatic rings. The highest BCUT2D eigenvalue weighted by atomic mass is 19.1. The van der Waals surface area contributed by atoms with E-state index in [-0.39, 0.29) is 23.3 Å². The van der Waals surface area contributed by atoms with Gasteiger partial charge < -0.3 is 4.74 Å². The zero-order valence-corrected chi connectivity index (χ0v) is 18.3. The largest absolute Gasteiger partial charge is 0.497 e. The van der Waals surface area contributed by atoms with Gasteiger partial charge in [0, 0.05) is 17.2 Å². The Kier molecular flexibility index (Phi) is 4.54. The van der Waals surface area contributed by atoms with Crippen LogP contribution in [0.5, 0.6) is 5.75 Å². The van der Waals surface area contributed by atoms with Crippen LogP contribution in [0.3, 0.4) is 0 Å². The lowest BCUT2D eigenvalue weighted by Crippen LogP contribution is -2.42. The van der Waals surface area contributed by atoms with E-state index in [0.29, 0.717) is 11.5 Å². The molecule has 3 aromatic rings. The Morgan fingerprint density at radius 2 is 1.75 bits per heavy atom. The van der Waals surface area contributed by atoms with Crippen LogP contribution in [-0.4, -0.2) is 34.8 Å². The molecule has 2 atom stereocenters. The number of ether oxygens (including phenoxy) is 1. The van der Waals surface area contributed by atoms with Crippen molar-refractivity contribution in [3.05, 3.63) is 71.7 Å². The number of fused-ring (bicyclic) bond motifs is 2. The van der Waals surface area contributed by atoms with Gasteiger partial charge in [0.25, 0.3) is 0 Å². The number of nitrogens with one attached hydrogen (secondary N) is 1. The number of halogens is 1. The topological polar surface area (TPSA) is 71.7 Å². The molecule has 164 valence electrons. The first-order valence-electron chi connectivity index (χ1n) is 10.4. The van der Waals surface area contributed by atoms with E-state index in [0.717, 1.165) is 22.7 Å². The van der Waals surface area contributed by atoms with Crippen molar-refractivity contribution >= 4 is 23.4 Å². The standard InChI is InChI=1S/C24H24FN5O2/c1-24(2,3)30-22-18(13-26-30)19(14-5-11-17(32-4)12-6-14)20-21(27-22)28-23(31)29(20)16-9-7-15(25)8-10-16/h5-13,19-20H,1-4H3,(H,27,28,31)/t19-,20-/m0/s1. The predicted octanol–water partition coefficient (Wildman–Crippen LogP) is 4.56. The maximum atomic E-state index is 13.6. The van der Waals surface area contributed by atoms with Crippen molar-refractivity contribution in [2.75, 3.05) is 12.0 Å². The van der Waals surface area contributed by atoms with E-state index in [1.54, 1.807) is 24.1 Å². The molecule has 0 saturated carbocycles. The zero-order valence-electron chi connectivity index (χ0n) is 18.3. The van der Waals surface area contributed by atoms with Crippen LogP contribution in [-0.2, 0) is 5.54 Å². The van der Waals surface area contributed by atoms with Crippen molar-refractivity contribution in [3.63, 3.8) is 0 Å². The number of benzene rings is 2. The van der Waals surface area contributed by atoms with Crippen molar-refractivity contribution in [3.8, 4) is 5.75 Å². The fourth-order valence-electron chi connectivity index (χ4n) is 4.41. The van der Waals surface area contributed by atoms with Gasteiger partial charge in [-0.15, -0.1) is 0 Å². The Morgan fingerprint density at radius 3 is 2.38 bits per heavy atom. The van der Waals surface area contributed by atoms with E-state index in [2.05, 4.69) is 31.2 Å². The summed E-state index contributed by atoms with van der Waals surface area (Å²) in [5, 5.41) is 7.57. The summed E-state index contributed by atoms with van der Waals surface area (Å²) in [6.45, 7) is 6.19. The van der Waals surface area contributed by atoms with Gasteiger partial charge in [-0.3, -0.25) is 10.2 Å². The van der Waals surface area contributed by atoms with Crippen molar-refractivity contribution in [2.24, 2.45) is 4.99 Å². The summed E-state index contributed by atoms with van der Waals surface area (Å²) < 4.78 is 20.8. The molecule has 0 bridgehead atoms. The Morgan fingerprint density at radius 1 is 1.06 bits per heavy atom. The first-order chi connectivity index (χ1) is 15.3. The Labute approximate surface area is 185 Å². The number of hydrogen-bond donors (Lipinski definition) is 1. The summed E-state index contributed by atoms with van der Waals surface area (Å²) in [5.41, 5.74) is 2.25. The summed E-state index contributed by atoms with van der Waals surface area (Å²) in [6.07, 6.45) is 1.83. The van der Waals surface area contributed by atoms with Crippen LogP contribution in [0.25, 0.3) is 0 Å². The number of amidine groups is 1. The second kappa shape index (κ2) is 7.19. The number of hydrogen-bond acceptors (Lipinski definition) is 4. The Hall–Kier alpha value is -3.68. The highest BCUT2D eigenvalue weighted by Crippen LogP contribution is 2.45. The van der Waals surface area contributed by atoms with Gasteiger partial charge in [0.15, 0.2) is 5.82 Å². The number of rotatable bonds is 3. The molecule has 2 aliphatic heterocycles. The van der Waals surface area contributed by atoms with E-state index in [1.807, 2.05) is 35.1 Å². The average Bonchev–Trinajstić information content (AvgIpc) is 3.33. The first kappa shape index (κ1) is 20.2. The predicted molar refractivity (Wildman–Crippen MR) is 120 cm³/mol. The normalized spacial score (nSPS) is 19.8. The van der Waals surface area contributed by atoms with Crippen LogP contribution in [0.1, 0.15) is 37.8 Å². The van der Waals surface area contributed by atoms with Crippen LogP contribution in [0.4, 0.5) is 20.7 Å². The van der Waals surface area contributed by atoms with Crippen LogP contribution in [0, 0.1) is 5.82 Å². The molecule has 5 rings (SSSR count). The molecule has 0 radical (unpaired) electrons. The average molecular weight is 433 g/mol. The SMILES string of the molecule is COc1ccc([C@H]2c3cnn(C(C)(C)C)c3N=C3NC(=O)N(c4ccc(F)cc4)[C@H]32)cc1. The molecule has 0 spiro atoms. The van der Waals surface area contributed by atoms with Gasteiger partial charge in [0.05, 0.1) is 18.8 Å². The van der Waals surface area contributed by atoms with E-state index in [9.17, 15) is 9.18 Å².